The zero-order chi connectivity index (χ0) is 21.5. The predicted octanol–water partition coefficient (Wildman–Crippen LogP) is 4.07. The van der Waals surface area contributed by atoms with E-state index in [0.717, 1.165) is 6.42 Å². The highest BCUT2D eigenvalue weighted by atomic mass is 32.1. The quantitative estimate of drug-likeness (QED) is 0.559. The summed E-state index contributed by atoms with van der Waals surface area (Å²) in [6.45, 7) is 2.60. The minimum absolute atomic E-state index is 0.127. The molecule has 0 aliphatic heterocycles. The molecule has 0 radical (unpaired) electrons. The summed E-state index contributed by atoms with van der Waals surface area (Å²) >= 11 is 1.32. The third-order valence-electron chi connectivity index (χ3n) is 4.77. The van der Waals surface area contributed by atoms with Gasteiger partial charge in [0.05, 0.1) is 5.69 Å². The average molecular weight is 428 g/mol. The van der Waals surface area contributed by atoms with Crippen LogP contribution in [0.15, 0.2) is 54.6 Å². The van der Waals surface area contributed by atoms with Crippen LogP contribution in [-0.2, 0) is 13.0 Å². The number of aromatic nitrogens is 1. The summed E-state index contributed by atoms with van der Waals surface area (Å²) in [5.74, 6) is 0.123. The Balaban J connectivity index is 1.57. The fraction of sp³-hybridized carbons (Fsp3) is 0.304. The van der Waals surface area contributed by atoms with Crippen LogP contribution < -0.4 is 10.1 Å². The van der Waals surface area contributed by atoms with Crippen molar-refractivity contribution in [1.82, 2.24) is 15.2 Å². The van der Waals surface area contributed by atoms with Crippen molar-refractivity contribution in [3.05, 3.63) is 81.6 Å². The number of nitrogens with one attached hydrogen (secondary N) is 1. The van der Waals surface area contributed by atoms with E-state index in [1.54, 1.807) is 12.1 Å². The topological polar surface area (TPSA) is 54.5 Å². The van der Waals surface area contributed by atoms with Crippen LogP contribution in [-0.4, -0.2) is 42.5 Å². The molecule has 1 amide bonds. The third kappa shape index (κ3) is 6.11. The van der Waals surface area contributed by atoms with E-state index >= 15 is 0 Å². The monoisotopic (exact) mass is 427 g/mol. The molecule has 0 aliphatic carbocycles. The van der Waals surface area contributed by atoms with Gasteiger partial charge in [0.15, 0.2) is 0 Å². The van der Waals surface area contributed by atoms with E-state index in [1.807, 2.05) is 39.2 Å². The second-order valence-electron chi connectivity index (χ2n) is 7.28. The molecule has 1 aromatic heterocycles. The lowest BCUT2D eigenvalue weighted by molar-refractivity contribution is 0.0945. The second kappa shape index (κ2) is 10.3. The molecule has 0 saturated carbocycles. The van der Waals surface area contributed by atoms with Crippen molar-refractivity contribution in [2.75, 3.05) is 20.6 Å². The van der Waals surface area contributed by atoms with E-state index in [-0.39, 0.29) is 24.4 Å². The van der Waals surface area contributed by atoms with Gasteiger partial charge in [0.25, 0.3) is 5.91 Å². The molecule has 1 atom stereocenters. The van der Waals surface area contributed by atoms with Gasteiger partial charge in [-0.25, -0.2) is 9.37 Å². The first-order chi connectivity index (χ1) is 14.4. The molecule has 30 heavy (non-hydrogen) atoms. The first kappa shape index (κ1) is 21.9. The highest BCUT2D eigenvalue weighted by Crippen LogP contribution is 2.20. The number of halogens is 1. The molecule has 3 rings (SSSR count). The number of likely N-dealkylation sites (N-methyl/N-ethyl adjacent to an activating group) is 1. The van der Waals surface area contributed by atoms with Crippen LogP contribution in [0.2, 0.25) is 0 Å². The van der Waals surface area contributed by atoms with Gasteiger partial charge in [-0.3, -0.25) is 4.79 Å². The molecule has 0 spiro atoms. The molecule has 1 N–H and O–H groups in total. The average Bonchev–Trinajstić information content (AvgIpc) is 3.11. The highest BCUT2D eigenvalue weighted by Gasteiger charge is 2.18. The van der Waals surface area contributed by atoms with Crippen molar-refractivity contribution in [1.29, 1.82) is 0 Å². The molecule has 2 aromatic carbocycles. The van der Waals surface area contributed by atoms with Crippen molar-refractivity contribution in [3.63, 3.8) is 0 Å². The molecule has 0 fully saturated rings. The van der Waals surface area contributed by atoms with Crippen molar-refractivity contribution >= 4 is 17.2 Å². The summed E-state index contributed by atoms with van der Waals surface area (Å²) < 4.78 is 18.6. The zero-order valence-corrected chi connectivity index (χ0v) is 18.2. The lowest BCUT2D eigenvalue weighted by Crippen LogP contribution is -2.41. The van der Waals surface area contributed by atoms with Gasteiger partial charge in [-0.2, -0.15) is 0 Å². The fourth-order valence-corrected chi connectivity index (χ4v) is 3.91. The summed E-state index contributed by atoms with van der Waals surface area (Å²) in [6.07, 6.45) is 0.854. The van der Waals surface area contributed by atoms with Crippen molar-refractivity contribution < 1.29 is 13.9 Å². The highest BCUT2D eigenvalue weighted by molar-refractivity contribution is 7.13. The van der Waals surface area contributed by atoms with Crippen LogP contribution in [0, 0.1) is 12.7 Å². The number of benzene rings is 2. The Morgan fingerprint density at radius 1 is 1.17 bits per heavy atom. The predicted molar refractivity (Wildman–Crippen MR) is 118 cm³/mol. The molecule has 5 nitrogen and oxygen atoms in total. The number of nitrogens with zero attached hydrogens (tertiary/aromatic N) is 2. The van der Waals surface area contributed by atoms with Gasteiger partial charge in [-0.05, 0) is 57.3 Å². The number of thiazole rings is 1. The van der Waals surface area contributed by atoms with E-state index in [1.165, 1.54) is 29.0 Å². The van der Waals surface area contributed by atoms with Gasteiger partial charge in [0.2, 0.25) is 0 Å². The van der Waals surface area contributed by atoms with Gasteiger partial charge in [-0.1, -0.05) is 30.3 Å². The third-order valence-corrected chi connectivity index (χ3v) is 5.90. The molecule has 7 heteroatoms. The second-order valence-corrected chi connectivity index (χ2v) is 8.37. The van der Waals surface area contributed by atoms with Crippen LogP contribution in [0.1, 0.15) is 25.9 Å². The number of rotatable bonds is 9. The Morgan fingerprint density at radius 3 is 2.53 bits per heavy atom. The van der Waals surface area contributed by atoms with Crippen LogP contribution in [0.3, 0.4) is 0 Å². The Bertz CT molecular complexity index is 958. The van der Waals surface area contributed by atoms with Crippen molar-refractivity contribution in [2.24, 2.45) is 0 Å². The van der Waals surface area contributed by atoms with Crippen LogP contribution in [0.5, 0.6) is 5.75 Å². The molecule has 3 aromatic rings. The lowest BCUT2D eigenvalue weighted by Gasteiger charge is -2.24. The fourth-order valence-electron chi connectivity index (χ4n) is 3.01. The van der Waals surface area contributed by atoms with Crippen molar-refractivity contribution in [2.45, 2.75) is 26.0 Å². The van der Waals surface area contributed by atoms with Gasteiger partial charge in [0.1, 0.15) is 28.1 Å². The van der Waals surface area contributed by atoms with Gasteiger partial charge in [-0.15, -0.1) is 11.3 Å². The maximum Gasteiger partial charge on any atom is 0.263 e. The Hall–Kier alpha value is -2.77. The first-order valence-electron chi connectivity index (χ1n) is 9.75. The summed E-state index contributed by atoms with van der Waals surface area (Å²) in [5.41, 5.74) is 1.92. The Morgan fingerprint density at radius 2 is 1.87 bits per heavy atom. The Kier molecular flexibility index (Phi) is 7.54. The molecule has 1 heterocycles. The number of ether oxygens (including phenoxy) is 1. The minimum atomic E-state index is -0.310. The smallest absolute Gasteiger partial charge is 0.263 e. The Labute approximate surface area is 180 Å². The number of carbonyl (C=O) groups excluding carboxylic acids is 1. The summed E-state index contributed by atoms with van der Waals surface area (Å²) in [4.78, 5) is 19.9. The standard InChI is InChI=1S/C23H26FN3O2S/c1-16-22(30-21(26-16)15-29-20-11-9-18(24)10-12-20)23(28)25-14-19(27(2)3)13-17-7-5-4-6-8-17/h4-12,19H,13-15H2,1-3H3,(H,25,28). The van der Waals surface area contributed by atoms with Crippen molar-refractivity contribution in [3.8, 4) is 5.75 Å². The first-order valence-corrected chi connectivity index (χ1v) is 10.6. The largest absolute Gasteiger partial charge is 0.486 e. The van der Waals surface area contributed by atoms with E-state index in [0.29, 0.717) is 27.9 Å². The number of aryl methyl sites for hydroxylation is 1. The number of hydrogen-bond acceptors (Lipinski definition) is 5. The van der Waals surface area contributed by atoms with Crippen LogP contribution in [0.25, 0.3) is 0 Å². The molecule has 0 saturated heterocycles. The minimum Gasteiger partial charge on any atom is -0.486 e. The van der Waals surface area contributed by atoms with E-state index in [4.69, 9.17) is 4.74 Å². The van der Waals surface area contributed by atoms with Crippen LogP contribution in [0.4, 0.5) is 4.39 Å². The normalized spacial score (nSPS) is 12.0. The number of carbonyl (C=O) groups is 1. The maximum absolute atomic E-state index is 13.0. The van der Waals surface area contributed by atoms with Gasteiger partial charge < -0.3 is 15.0 Å². The zero-order valence-electron chi connectivity index (χ0n) is 17.4. The molecule has 1 unspecified atom stereocenters. The van der Waals surface area contributed by atoms with Gasteiger partial charge >= 0.3 is 0 Å². The van der Waals surface area contributed by atoms with E-state index < -0.39 is 0 Å². The maximum atomic E-state index is 13.0. The molecule has 0 bridgehead atoms. The molecular weight excluding hydrogens is 401 g/mol. The number of amides is 1. The lowest BCUT2D eigenvalue weighted by atomic mass is 10.1. The summed E-state index contributed by atoms with van der Waals surface area (Å²) in [5, 5.41) is 3.75. The molecule has 158 valence electrons. The van der Waals surface area contributed by atoms with Crippen LogP contribution >= 0.6 is 11.3 Å². The molecular formula is C23H26FN3O2S. The summed E-state index contributed by atoms with van der Waals surface area (Å²) in [6, 6.07) is 16.3. The summed E-state index contributed by atoms with van der Waals surface area (Å²) in [7, 11) is 4.03. The van der Waals surface area contributed by atoms with E-state index in [9.17, 15) is 9.18 Å². The number of hydrogen-bond donors (Lipinski definition) is 1. The van der Waals surface area contributed by atoms with Gasteiger partial charge in [0, 0.05) is 12.6 Å². The molecule has 0 aliphatic rings. The van der Waals surface area contributed by atoms with E-state index in [2.05, 4.69) is 27.3 Å². The SMILES string of the molecule is Cc1nc(COc2ccc(F)cc2)sc1C(=O)NCC(Cc1ccccc1)N(C)C.